The molecule has 1 aliphatic rings. The van der Waals surface area contributed by atoms with E-state index in [-0.39, 0.29) is 6.10 Å². The van der Waals surface area contributed by atoms with Crippen LogP contribution in [0.2, 0.25) is 0 Å². The Bertz CT molecular complexity index is 521. The minimum absolute atomic E-state index is 0.0288. The molecule has 2 heteroatoms. The second-order valence-corrected chi connectivity index (χ2v) is 6.60. The van der Waals surface area contributed by atoms with Gasteiger partial charge in [-0.3, -0.25) is 0 Å². The largest absolute Gasteiger partial charge is 0.367 e. The van der Waals surface area contributed by atoms with Crippen LogP contribution in [-0.4, -0.2) is 31.1 Å². The smallest absolute Gasteiger partial charge is 0.108 e. The molecular formula is C21H27NO. The number of hydrogen-bond acceptors (Lipinski definition) is 2. The van der Waals surface area contributed by atoms with E-state index >= 15 is 0 Å². The lowest BCUT2D eigenvalue weighted by Crippen LogP contribution is -2.35. The predicted octanol–water partition coefficient (Wildman–Crippen LogP) is 4.52. The topological polar surface area (TPSA) is 12.5 Å². The van der Waals surface area contributed by atoms with Crippen molar-refractivity contribution >= 4 is 0 Å². The molecule has 0 radical (unpaired) electrons. The second kappa shape index (κ2) is 8.28. The summed E-state index contributed by atoms with van der Waals surface area (Å²) in [4.78, 5) is 2.53. The molecular weight excluding hydrogens is 282 g/mol. The van der Waals surface area contributed by atoms with E-state index in [0.717, 1.165) is 19.1 Å². The summed E-state index contributed by atoms with van der Waals surface area (Å²) in [7, 11) is 0. The first kappa shape index (κ1) is 16.2. The highest BCUT2D eigenvalue weighted by Crippen LogP contribution is 2.25. The van der Waals surface area contributed by atoms with Crippen molar-refractivity contribution in [1.29, 1.82) is 0 Å². The fraction of sp³-hybridized carbons (Fsp3) is 0.429. The minimum atomic E-state index is 0.0288. The number of nitrogens with zero attached hydrogens (tertiary/aromatic N) is 1. The average Bonchev–Trinajstić information content (AvgIpc) is 2.62. The fourth-order valence-corrected chi connectivity index (χ4v) is 3.23. The number of ether oxygens (including phenoxy) is 1. The summed E-state index contributed by atoms with van der Waals surface area (Å²) < 4.78 is 6.30. The lowest BCUT2D eigenvalue weighted by molar-refractivity contribution is 0.0523. The van der Waals surface area contributed by atoms with E-state index in [0.29, 0.717) is 0 Å². The summed E-state index contributed by atoms with van der Waals surface area (Å²) in [6.45, 7) is 6.60. The first-order chi connectivity index (χ1) is 11.3. The standard InChI is InChI=1S/C21H27NO/c1-18-12-14-22(15-13-18)16-17-23-21(19-8-4-2-5-9-19)20-10-6-3-7-11-20/h2-11,18,21H,12-17H2,1H3. The number of rotatable bonds is 6. The number of hydrogen-bond donors (Lipinski definition) is 0. The third kappa shape index (κ3) is 4.66. The molecule has 122 valence electrons. The van der Waals surface area contributed by atoms with Crippen molar-refractivity contribution in [2.24, 2.45) is 5.92 Å². The summed E-state index contributed by atoms with van der Waals surface area (Å²) in [5, 5.41) is 0. The van der Waals surface area contributed by atoms with Gasteiger partial charge in [-0.05, 0) is 43.0 Å². The van der Waals surface area contributed by atoms with E-state index in [1.165, 1.54) is 37.1 Å². The van der Waals surface area contributed by atoms with E-state index in [1.807, 2.05) is 0 Å². The highest BCUT2D eigenvalue weighted by molar-refractivity contribution is 5.29. The molecule has 0 spiro atoms. The first-order valence-corrected chi connectivity index (χ1v) is 8.77. The maximum Gasteiger partial charge on any atom is 0.108 e. The first-order valence-electron chi connectivity index (χ1n) is 8.77. The Kier molecular flexibility index (Phi) is 5.84. The molecule has 0 unspecified atom stereocenters. The van der Waals surface area contributed by atoms with Crippen LogP contribution in [0.4, 0.5) is 0 Å². The molecule has 2 aromatic rings. The molecule has 0 aromatic heterocycles. The second-order valence-electron chi connectivity index (χ2n) is 6.60. The van der Waals surface area contributed by atoms with Crippen molar-refractivity contribution in [3.63, 3.8) is 0 Å². The molecule has 3 rings (SSSR count). The molecule has 2 nitrogen and oxygen atoms in total. The Morgan fingerprint density at radius 3 is 1.96 bits per heavy atom. The summed E-state index contributed by atoms with van der Waals surface area (Å²) in [6.07, 6.45) is 2.67. The van der Waals surface area contributed by atoms with Crippen LogP contribution < -0.4 is 0 Å². The zero-order valence-electron chi connectivity index (χ0n) is 14.0. The molecule has 23 heavy (non-hydrogen) atoms. The zero-order valence-corrected chi connectivity index (χ0v) is 14.0. The fourth-order valence-electron chi connectivity index (χ4n) is 3.23. The van der Waals surface area contributed by atoms with Crippen LogP contribution in [0.5, 0.6) is 0 Å². The molecule has 1 fully saturated rings. The van der Waals surface area contributed by atoms with Gasteiger partial charge in [0.2, 0.25) is 0 Å². The van der Waals surface area contributed by atoms with Crippen LogP contribution >= 0.6 is 0 Å². The van der Waals surface area contributed by atoms with Crippen LogP contribution in [0.25, 0.3) is 0 Å². The minimum Gasteiger partial charge on any atom is -0.367 e. The number of piperidine rings is 1. The third-order valence-electron chi connectivity index (χ3n) is 4.77. The van der Waals surface area contributed by atoms with Gasteiger partial charge in [-0.1, -0.05) is 67.6 Å². The van der Waals surface area contributed by atoms with Crippen LogP contribution in [0.1, 0.15) is 37.0 Å². The van der Waals surface area contributed by atoms with Gasteiger partial charge in [-0.25, -0.2) is 0 Å². The SMILES string of the molecule is CC1CCN(CCOC(c2ccccc2)c2ccccc2)CC1. The number of benzene rings is 2. The van der Waals surface area contributed by atoms with Crippen LogP contribution in [0, 0.1) is 5.92 Å². The van der Waals surface area contributed by atoms with Gasteiger partial charge < -0.3 is 9.64 Å². The molecule has 1 aliphatic heterocycles. The van der Waals surface area contributed by atoms with E-state index in [2.05, 4.69) is 72.5 Å². The quantitative estimate of drug-likeness (QED) is 0.777. The molecule has 2 aromatic carbocycles. The van der Waals surface area contributed by atoms with Gasteiger partial charge in [-0.2, -0.15) is 0 Å². The molecule has 0 aliphatic carbocycles. The summed E-state index contributed by atoms with van der Waals surface area (Å²) in [5.74, 6) is 0.883. The van der Waals surface area contributed by atoms with Crippen molar-refractivity contribution in [3.8, 4) is 0 Å². The van der Waals surface area contributed by atoms with Gasteiger partial charge in [0.15, 0.2) is 0 Å². The number of likely N-dealkylation sites (tertiary alicyclic amines) is 1. The summed E-state index contributed by atoms with van der Waals surface area (Å²) in [6, 6.07) is 21.1. The van der Waals surface area contributed by atoms with Crippen LogP contribution in [-0.2, 0) is 4.74 Å². The van der Waals surface area contributed by atoms with Gasteiger partial charge in [0.25, 0.3) is 0 Å². The van der Waals surface area contributed by atoms with Crippen LogP contribution in [0.3, 0.4) is 0 Å². The molecule has 1 saturated heterocycles. The zero-order chi connectivity index (χ0) is 15.9. The van der Waals surface area contributed by atoms with Crippen molar-refractivity contribution in [1.82, 2.24) is 4.90 Å². The highest BCUT2D eigenvalue weighted by atomic mass is 16.5. The molecule has 1 heterocycles. The van der Waals surface area contributed by atoms with E-state index in [1.54, 1.807) is 0 Å². The lowest BCUT2D eigenvalue weighted by Gasteiger charge is -2.30. The maximum absolute atomic E-state index is 6.30. The molecule has 0 bridgehead atoms. The monoisotopic (exact) mass is 309 g/mol. The molecule has 0 amide bonds. The molecule has 0 saturated carbocycles. The van der Waals surface area contributed by atoms with E-state index in [4.69, 9.17) is 4.74 Å². The predicted molar refractivity (Wildman–Crippen MR) is 95.5 cm³/mol. The Hall–Kier alpha value is -1.64. The normalized spacial score (nSPS) is 16.8. The highest BCUT2D eigenvalue weighted by Gasteiger charge is 2.17. The Labute approximate surface area is 140 Å². The molecule has 0 N–H and O–H groups in total. The van der Waals surface area contributed by atoms with Crippen molar-refractivity contribution < 1.29 is 4.74 Å². The summed E-state index contributed by atoms with van der Waals surface area (Å²) >= 11 is 0. The maximum atomic E-state index is 6.30. The van der Waals surface area contributed by atoms with Gasteiger partial charge in [-0.15, -0.1) is 0 Å². The van der Waals surface area contributed by atoms with E-state index < -0.39 is 0 Å². The lowest BCUT2D eigenvalue weighted by atomic mass is 9.99. The average molecular weight is 309 g/mol. The summed E-state index contributed by atoms with van der Waals surface area (Å²) in [5.41, 5.74) is 2.46. The Balaban J connectivity index is 1.61. The van der Waals surface area contributed by atoms with Gasteiger partial charge in [0.1, 0.15) is 6.10 Å². The van der Waals surface area contributed by atoms with Gasteiger partial charge in [0, 0.05) is 6.54 Å². The van der Waals surface area contributed by atoms with Crippen molar-refractivity contribution in [2.45, 2.75) is 25.9 Å². The Morgan fingerprint density at radius 2 is 1.43 bits per heavy atom. The van der Waals surface area contributed by atoms with Crippen molar-refractivity contribution in [3.05, 3.63) is 71.8 Å². The Morgan fingerprint density at radius 1 is 0.913 bits per heavy atom. The van der Waals surface area contributed by atoms with Crippen molar-refractivity contribution in [2.75, 3.05) is 26.2 Å². The van der Waals surface area contributed by atoms with Gasteiger partial charge >= 0.3 is 0 Å². The molecule has 0 atom stereocenters. The van der Waals surface area contributed by atoms with E-state index in [9.17, 15) is 0 Å². The van der Waals surface area contributed by atoms with Crippen LogP contribution in [0.15, 0.2) is 60.7 Å². The third-order valence-corrected chi connectivity index (χ3v) is 4.77. The van der Waals surface area contributed by atoms with Gasteiger partial charge in [0.05, 0.1) is 6.61 Å².